The molecule has 0 aliphatic heterocycles. The van der Waals surface area contributed by atoms with Crippen molar-refractivity contribution in [2.75, 3.05) is 6.61 Å². The molecule has 1 saturated carbocycles. The molecule has 0 radical (unpaired) electrons. The fourth-order valence-electron chi connectivity index (χ4n) is 2.52. The number of aliphatic hydroxyl groups is 1. The van der Waals surface area contributed by atoms with Crippen LogP contribution in [0.25, 0.3) is 10.9 Å². The molecule has 0 amide bonds. The van der Waals surface area contributed by atoms with Gasteiger partial charge in [-0.2, -0.15) is 0 Å². The topological polar surface area (TPSA) is 68.0 Å². The summed E-state index contributed by atoms with van der Waals surface area (Å²) in [6.07, 6.45) is 7.81. The van der Waals surface area contributed by atoms with Crippen LogP contribution >= 0.6 is 0 Å². The second-order valence-corrected chi connectivity index (χ2v) is 5.08. The van der Waals surface area contributed by atoms with Crippen LogP contribution in [0.15, 0.2) is 29.6 Å². The van der Waals surface area contributed by atoms with Crippen LogP contribution in [0.5, 0.6) is 0 Å². The molecule has 1 fully saturated rings. The van der Waals surface area contributed by atoms with Crippen molar-refractivity contribution in [3.8, 4) is 0 Å². The van der Waals surface area contributed by atoms with Gasteiger partial charge in [0.25, 0.3) is 5.56 Å². The predicted octanol–water partition coefficient (Wildman–Crippen LogP) is 0.954. The molecular weight excluding hydrogens is 230 g/mol. The molecule has 1 aliphatic rings. The molecule has 2 aromatic heterocycles. The lowest BCUT2D eigenvalue weighted by atomic mass is 9.69. The number of hydrogen-bond donors (Lipinski definition) is 1. The van der Waals surface area contributed by atoms with E-state index in [-0.39, 0.29) is 17.6 Å². The molecular formula is C13H15N3O2. The van der Waals surface area contributed by atoms with Crippen LogP contribution in [0.4, 0.5) is 0 Å². The SMILES string of the molecule is O=c1c2cnccc2ncn1CC1(CO)CCC1. The van der Waals surface area contributed by atoms with Crippen LogP contribution in [0, 0.1) is 5.41 Å². The van der Waals surface area contributed by atoms with Crippen LogP contribution in [-0.4, -0.2) is 26.2 Å². The van der Waals surface area contributed by atoms with E-state index in [1.165, 1.54) is 0 Å². The van der Waals surface area contributed by atoms with Gasteiger partial charge in [0.1, 0.15) is 0 Å². The minimum atomic E-state index is -0.124. The highest BCUT2D eigenvalue weighted by atomic mass is 16.3. The van der Waals surface area contributed by atoms with Gasteiger partial charge in [0.15, 0.2) is 0 Å². The maximum absolute atomic E-state index is 12.3. The summed E-state index contributed by atoms with van der Waals surface area (Å²) in [5, 5.41) is 9.99. The molecule has 0 aromatic carbocycles. The molecule has 2 heterocycles. The highest BCUT2D eigenvalue weighted by molar-refractivity contribution is 5.75. The van der Waals surface area contributed by atoms with E-state index >= 15 is 0 Å². The first-order chi connectivity index (χ1) is 8.74. The van der Waals surface area contributed by atoms with Crippen LogP contribution in [0.1, 0.15) is 19.3 Å². The third-order valence-corrected chi connectivity index (χ3v) is 3.88. The molecule has 0 bridgehead atoms. The lowest BCUT2D eigenvalue weighted by Crippen LogP contribution is -2.40. The number of aliphatic hydroxyl groups excluding tert-OH is 1. The van der Waals surface area contributed by atoms with E-state index in [1.54, 1.807) is 29.4 Å². The summed E-state index contributed by atoms with van der Waals surface area (Å²) in [6.45, 7) is 0.671. The van der Waals surface area contributed by atoms with Gasteiger partial charge in [0.2, 0.25) is 0 Å². The molecule has 18 heavy (non-hydrogen) atoms. The van der Waals surface area contributed by atoms with E-state index in [0.717, 1.165) is 19.3 Å². The minimum Gasteiger partial charge on any atom is -0.396 e. The number of aromatic nitrogens is 3. The van der Waals surface area contributed by atoms with Crippen molar-refractivity contribution in [1.29, 1.82) is 0 Å². The smallest absolute Gasteiger partial charge is 0.262 e. The zero-order valence-electron chi connectivity index (χ0n) is 10.0. The van der Waals surface area contributed by atoms with Gasteiger partial charge in [-0.15, -0.1) is 0 Å². The summed E-state index contributed by atoms with van der Waals surface area (Å²) < 4.78 is 1.60. The van der Waals surface area contributed by atoms with Gasteiger partial charge >= 0.3 is 0 Å². The van der Waals surface area contributed by atoms with Crippen molar-refractivity contribution in [3.05, 3.63) is 35.1 Å². The van der Waals surface area contributed by atoms with Gasteiger partial charge in [-0.3, -0.25) is 14.3 Å². The van der Waals surface area contributed by atoms with E-state index in [0.29, 0.717) is 17.4 Å². The van der Waals surface area contributed by atoms with Crippen LogP contribution < -0.4 is 5.56 Å². The Morgan fingerprint density at radius 3 is 2.94 bits per heavy atom. The maximum Gasteiger partial charge on any atom is 0.262 e. The van der Waals surface area contributed by atoms with Gasteiger partial charge in [0, 0.05) is 24.4 Å². The highest BCUT2D eigenvalue weighted by Gasteiger charge is 2.36. The van der Waals surface area contributed by atoms with Gasteiger partial charge < -0.3 is 5.11 Å². The Morgan fingerprint density at radius 2 is 2.28 bits per heavy atom. The first-order valence-electron chi connectivity index (χ1n) is 6.14. The predicted molar refractivity (Wildman–Crippen MR) is 67.2 cm³/mol. The van der Waals surface area contributed by atoms with E-state index in [2.05, 4.69) is 9.97 Å². The largest absolute Gasteiger partial charge is 0.396 e. The molecule has 0 atom stereocenters. The average Bonchev–Trinajstić information content (AvgIpc) is 2.37. The number of rotatable bonds is 3. The van der Waals surface area contributed by atoms with E-state index in [4.69, 9.17) is 0 Å². The Kier molecular flexibility index (Phi) is 2.63. The zero-order valence-corrected chi connectivity index (χ0v) is 10.0. The van der Waals surface area contributed by atoms with Gasteiger partial charge in [0.05, 0.1) is 23.8 Å². The zero-order chi connectivity index (χ0) is 12.6. The standard InChI is InChI=1S/C13H15N3O2/c17-8-13(3-1-4-13)7-16-9-15-11-2-5-14-6-10(11)12(16)18/h2,5-6,9,17H,1,3-4,7-8H2. The first-order valence-corrected chi connectivity index (χ1v) is 6.14. The second kappa shape index (κ2) is 4.17. The molecule has 3 rings (SSSR count). The minimum absolute atomic E-state index is 0.0761. The van der Waals surface area contributed by atoms with Crippen molar-refractivity contribution in [2.24, 2.45) is 5.41 Å². The van der Waals surface area contributed by atoms with Gasteiger partial charge in [-0.05, 0) is 18.9 Å². The summed E-state index contributed by atoms with van der Waals surface area (Å²) >= 11 is 0. The molecule has 0 saturated heterocycles. The Labute approximate surface area is 104 Å². The molecule has 5 heteroatoms. The van der Waals surface area contributed by atoms with Crippen molar-refractivity contribution < 1.29 is 5.11 Å². The highest BCUT2D eigenvalue weighted by Crippen LogP contribution is 2.41. The molecule has 1 N–H and O–H groups in total. The molecule has 2 aromatic rings. The Hall–Kier alpha value is -1.75. The summed E-state index contributed by atoms with van der Waals surface area (Å²) in [5.41, 5.74) is 0.465. The van der Waals surface area contributed by atoms with E-state index in [1.807, 2.05) is 0 Å². The Bertz CT molecular complexity index is 626. The van der Waals surface area contributed by atoms with Crippen LogP contribution in [0.3, 0.4) is 0 Å². The van der Waals surface area contributed by atoms with E-state index in [9.17, 15) is 9.90 Å². The lowest BCUT2D eigenvalue weighted by molar-refractivity contribution is 0.0265. The fraction of sp³-hybridized carbons (Fsp3) is 0.462. The van der Waals surface area contributed by atoms with Crippen molar-refractivity contribution >= 4 is 10.9 Å². The lowest BCUT2D eigenvalue weighted by Gasteiger charge is -2.40. The summed E-state index contributed by atoms with van der Waals surface area (Å²) in [7, 11) is 0. The van der Waals surface area contributed by atoms with Crippen molar-refractivity contribution in [2.45, 2.75) is 25.8 Å². The number of nitrogens with zero attached hydrogens (tertiary/aromatic N) is 3. The number of fused-ring (bicyclic) bond motifs is 1. The Balaban J connectivity index is 2.03. The second-order valence-electron chi connectivity index (χ2n) is 5.08. The third kappa shape index (κ3) is 1.71. The third-order valence-electron chi connectivity index (χ3n) is 3.88. The molecule has 5 nitrogen and oxygen atoms in total. The fourth-order valence-corrected chi connectivity index (χ4v) is 2.52. The quantitative estimate of drug-likeness (QED) is 0.874. The first kappa shape index (κ1) is 11.3. The average molecular weight is 245 g/mol. The number of pyridine rings is 1. The molecule has 94 valence electrons. The number of hydrogen-bond acceptors (Lipinski definition) is 4. The summed E-state index contributed by atoms with van der Waals surface area (Å²) in [5.74, 6) is 0. The van der Waals surface area contributed by atoms with Crippen molar-refractivity contribution in [3.63, 3.8) is 0 Å². The Morgan fingerprint density at radius 1 is 1.44 bits per heavy atom. The van der Waals surface area contributed by atoms with E-state index < -0.39 is 0 Å². The monoisotopic (exact) mass is 245 g/mol. The van der Waals surface area contributed by atoms with Gasteiger partial charge in [-0.25, -0.2) is 4.98 Å². The van der Waals surface area contributed by atoms with Gasteiger partial charge in [-0.1, -0.05) is 6.42 Å². The molecule has 1 aliphatic carbocycles. The van der Waals surface area contributed by atoms with Crippen LogP contribution in [0.2, 0.25) is 0 Å². The summed E-state index contributed by atoms with van der Waals surface area (Å²) in [4.78, 5) is 20.5. The van der Waals surface area contributed by atoms with Crippen LogP contribution in [-0.2, 0) is 6.54 Å². The summed E-state index contributed by atoms with van der Waals surface area (Å²) in [6, 6.07) is 1.73. The normalized spacial score (nSPS) is 17.6. The molecule has 0 spiro atoms. The van der Waals surface area contributed by atoms with Crippen molar-refractivity contribution in [1.82, 2.24) is 14.5 Å². The molecule has 0 unspecified atom stereocenters. The maximum atomic E-state index is 12.3.